The first-order chi connectivity index (χ1) is 8.49. The molecule has 2 nitrogen and oxygen atoms in total. The van der Waals surface area contributed by atoms with Crippen molar-refractivity contribution in [2.45, 2.75) is 39.2 Å². The van der Waals surface area contributed by atoms with Gasteiger partial charge in [0, 0.05) is 10.5 Å². The van der Waals surface area contributed by atoms with Crippen LogP contribution in [-0.2, 0) is 0 Å². The molecule has 0 spiro atoms. The van der Waals surface area contributed by atoms with Crippen LogP contribution in [0.2, 0.25) is 0 Å². The molecule has 96 valence electrons. The third kappa shape index (κ3) is 1.86. The summed E-state index contributed by atoms with van der Waals surface area (Å²) in [4.78, 5) is 3.33. The quantitative estimate of drug-likeness (QED) is 0.714. The van der Waals surface area contributed by atoms with Crippen LogP contribution >= 0.6 is 28.1 Å². The highest BCUT2D eigenvalue weighted by atomic mass is 79.9. The summed E-state index contributed by atoms with van der Waals surface area (Å²) >= 11 is 9.08. The summed E-state index contributed by atoms with van der Waals surface area (Å²) in [6.45, 7) is 4.70. The van der Waals surface area contributed by atoms with Crippen LogP contribution in [0, 0.1) is 10.2 Å². The number of hydrogen-bond donors (Lipinski definition) is 1. The Morgan fingerprint density at radius 1 is 1.44 bits per heavy atom. The summed E-state index contributed by atoms with van der Waals surface area (Å²) in [7, 11) is 0. The molecule has 0 aliphatic heterocycles. The lowest BCUT2D eigenvalue weighted by atomic mass is 9.87. The molecule has 18 heavy (non-hydrogen) atoms. The Labute approximate surface area is 121 Å². The van der Waals surface area contributed by atoms with Crippen molar-refractivity contribution in [2.75, 3.05) is 0 Å². The minimum absolute atomic E-state index is 0.329. The number of imidazole rings is 1. The highest BCUT2D eigenvalue weighted by Gasteiger charge is 2.36. The van der Waals surface area contributed by atoms with Crippen LogP contribution in [-0.4, -0.2) is 9.55 Å². The number of H-pyrrole nitrogens is 1. The molecule has 0 radical (unpaired) electrons. The second-order valence-electron chi connectivity index (χ2n) is 5.86. The molecule has 1 unspecified atom stereocenters. The van der Waals surface area contributed by atoms with Crippen LogP contribution in [0.15, 0.2) is 22.7 Å². The van der Waals surface area contributed by atoms with E-state index in [2.05, 4.69) is 57.5 Å². The summed E-state index contributed by atoms with van der Waals surface area (Å²) in [5, 5.41) is 0. The minimum atomic E-state index is 0.329. The molecule has 1 aliphatic rings. The van der Waals surface area contributed by atoms with Crippen molar-refractivity contribution in [3.8, 4) is 0 Å². The van der Waals surface area contributed by atoms with Crippen LogP contribution in [0.5, 0.6) is 0 Å². The molecule has 0 amide bonds. The second-order valence-corrected chi connectivity index (χ2v) is 7.16. The van der Waals surface area contributed by atoms with Gasteiger partial charge in [0.15, 0.2) is 4.77 Å². The predicted molar refractivity (Wildman–Crippen MR) is 81.5 cm³/mol. The van der Waals surface area contributed by atoms with Crippen molar-refractivity contribution < 1.29 is 0 Å². The number of rotatable bonds is 1. The zero-order chi connectivity index (χ0) is 12.9. The number of benzene rings is 1. The summed E-state index contributed by atoms with van der Waals surface area (Å²) in [6.07, 6.45) is 3.79. The van der Waals surface area contributed by atoms with E-state index in [-0.39, 0.29) is 0 Å². The van der Waals surface area contributed by atoms with Gasteiger partial charge in [0.05, 0.1) is 11.0 Å². The number of aromatic amines is 1. The fourth-order valence-electron chi connectivity index (χ4n) is 3.19. The van der Waals surface area contributed by atoms with E-state index in [0.29, 0.717) is 11.5 Å². The van der Waals surface area contributed by atoms with Gasteiger partial charge in [-0.1, -0.05) is 36.2 Å². The van der Waals surface area contributed by atoms with Crippen molar-refractivity contribution in [1.82, 2.24) is 9.55 Å². The van der Waals surface area contributed by atoms with Gasteiger partial charge >= 0.3 is 0 Å². The number of halogens is 1. The van der Waals surface area contributed by atoms with Crippen molar-refractivity contribution in [3.63, 3.8) is 0 Å². The van der Waals surface area contributed by atoms with Gasteiger partial charge in [-0.15, -0.1) is 0 Å². The van der Waals surface area contributed by atoms with Gasteiger partial charge in [-0.2, -0.15) is 0 Å². The predicted octanol–water partition coefficient (Wildman–Crippen LogP) is 5.21. The molecule has 2 aromatic rings. The molecule has 1 aliphatic carbocycles. The average molecular weight is 325 g/mol. The Morgan fingerprint density at radius 2 is 2.22 bits per heavy atom. The van der Waals surface area contributed by atoms with E-state index in [1.165, 1.54) is 24.8 Å². The molecule has 1 heterocycles. The van der Waals surface area contributed by atoms with E-state index in [9.17, 15) is 0 Å². The zero-order valence-corrected chi connectivity index (χ0v) is 13.1. The van der Waals surface area contributed by atoms with Gasteiger partial charge < -0.3 is 9.55 Å². The highest BCUT2D eigenvalue weighted by molar-refractivity contribution is 9.10. The highest BCUT2D eigenvalue weighted by Crippen LogP contribution is 2.47. The minimum Gasteiger partial charge on any atom is -0.331 e. The van der Waals surface area contributed by atoms with Gasteiger partial charge in [-0.25, -0.2) is 0 Å². The summed E-state index contributed by atoms with van der Waals surface area (Å²) in [5.74, 6) is 0. The van der Waals surface area contributed by atoms with Crippen LogP contribution < -0.4 is 0 Å². The van der Waals surface area contributed by atoms with E-state index in [1.807, 2.05) is 0 Å². The van der Waals surface area contributed by atoms with Gasteiger partial charge in [0.2, 0.25) is 0 Å². The number of aromatic nitrogens is 2. The second kappa shape index (κ2) is 4.20. The lowest BCUT2D eigenvalue weighted by molar-refractivity contribution is 0.264. The first-order valence-electron chi connectivity index (χ1n) is 6.39. The Bertz CT molecular complexity index is 653. The molecule has 0 saturated heterocycles. The number of nitrogens with zero attached hydrogens (tertiary/aromatic N) is 1. The van der Waals surface area contributed by atoms with Gasteiger partial charge in [0.1, 0.15) is 0 Å². The third-order valence-electron chi connectivity index (χ3n) is 4.19. The van der Waals surface area contributed by atoms with Crippen LogP contribution in [0.25, 0.3) is 11.0 Å². The maximum absolute atomic E-state index is 5.53. The molecule has 3 rings (SSSR count). The first kappa shape index (κ1) is 12.4. The molecule has 1 N–H and O–H groups in total. The Balaban J connectivity index is 2.25. The van der Waals surface area contributed by atoms with Crippen molar-refractivity contribution in [2.24, 2.45) is 5.41 Å². The normalized spacial score (nSPS) is 22.7. The SMILES string of the molecule is CC1(C)CCCC1n1c(=S)[nH]c2ccc(Br)cc21. The number of nitrogens with one attached hydrogen (secondary N) is 1. The molecular formula is C14H17BrN2S. The molecule has 1 aromatic carbocycles. The van der Waals surface area contributed by atoms with E-state index < -0.39 is 0 Å². The van der Waals surface area contributed by atoms with Gasteiger partial charge in [-0.05, 0) is 48.7 Å². The number of hydrogen-bond acceptors (Lipinski definition) is 1. The third-order valence-corrected chi connectivity index (χ3v) is 4.98. The lowest BCUT2D eigenvalue weighted by Crippen LogP contribution is -2.21. The summed E-state index contributed by atoms with van der Waals surface area (Å²) < 4.78 is 4.28. The van der Waals surface area contributed by atoms with Crippen molar-refractivity contribution in [1.29, 1.82) is 0 Å². The van der Waals surface area contributed by atoms with E-state index in [4.69, 9.17) is 12.2 Å². The smallest absolute Gasteiger partial charge is 0.178 e. The fourth-order valence-corrected chi connectivity index (χ4v) is 3.88. The molecule has 4 heteroatoms. The molecule has 1 atom stereocenters. The topological polar surface area (TPSA) is 20.7 Å². The molecule has 0 bridgehead atoms. The molecular weight excluding hydrogens is 308 g/mol. The Morgan fingerprint density at radius 3 is 2.89 bits per heavy atom. The molecule has 1 saturated carbocycles. The maximum atomic E-state index is 5.53. The first-order valence-corrected chi connectivity index (χ1v) is 7.59. The maximum Gasteiger partial charge on any atom is 0.178 e. The van der Waals surface area contributed by atoms with Crippen molar-refractivity contribution in [3.05, 3.63) is 27.4 Å². The van der Waals surface area contributed by atoms with Crippen LogP contribution in [0.1, 0.15) is 39.2 Å². The summed E-state index contributed by atoms with van der Waals surface area (Å²) in [5.41, 5.74) is 2.68. The van der Waals surface area contributed by atoms with Crippen molar-refractivity contribution >= 4 is 39.2 Å². The lowest BCUT2D eigenvalue weighted by Gasteiger charge is -2.28. The van der Waals surface area contributed by atoms with Gasteiger partial charge in [0.25, 0.3) is 0 Å². The van der Waals surface area contributed by atoms with Crippen LogP contribution in [0.4, 0.5) is 0 Å². The number of fused-ring (bicyclic) bond motifs is 1. The van der Waals surface area contributed by atoms with E-state index in [0.717, 1.165) is 14.8 Å². The van der Waals surface area contributed by atoms with E-state index >= 15 is 0 Å². The van der Waals surface area contributed by atoms with Gasteiger partial charge in [-0.3, -0.25) is 0 Å². The Hall–Kier alpha value is -0.610. The monoisotopic (exact) mass is 324 g/mol. The van der Waals surface area contributed by atoms with Crippen LogP contribution in [0.3, 0.4) is 0 Å². The summed E-state index contributed by atoms with van der Waals surface area (Å²) in [6, 6.07) is 6.81. The average Bonchev–Trinajstić information content (AvgIpc) is 2.77. The zero-order valence-electron chi connectivity index (χ0n) is 10.7. The largest absolute Gasteiger partial charge is 0.331 e. The Kier molecular flexibility index (Phi) is 2.90. The van der Waals surface area contributed by atoms with E-state index in [1.54, 1.807) is 0 Å². The molecule has 1 aromatic heterocycles. The standard InChI is InChI=1S/C14H17BrN2S/c1-14(2)7-3-4-12(14)17-11-8-9(15)5-6-10(11)16-13(17)18/h5-6,8,12H,3-4,7H2,1-2H3,(H,16,18). The molecule has 1 fully saturated rings. The fraction of sp³-hybridized carbons (Fsp3) is 0.500.